The van der Waals surface area contributed by atoms with Gasteiger partial charge in [0.15, 0.2) is 0 Å². The standard InChI is InChI=1S/C17H24N6OS/c1-12(2)15(16(24)19-11-13-6-5-9-18-10-13)25-17-20-21-22-23(17)14-7-3-4-8-14/h5-6,9-10,12,14-15H,3-4,7-8,11H2,1-2H3,(H,19,24)/t15-/m1/s1. The van der Waals surface area contributed by atoms with Crippen LogP contribution >= 0.6 is 11.8 Å². The Morgan fingerprint density at radius 1 is 1.40 bits per heavy atom. The zero-order valence-electron chi connectivity index (χ0n) is 14.6. The van der Waals surface area contributed by atoms with Gasteiger partial charge in [-0.2, -0.15) is 0 Å². The van der Waals surface area contributed by atoms with Crippen molar-refractivity contribution < 1.29 is 4.79 Å². The Kier molecular flexibility index (Phi) is 6.01. The third kappa shape index (κ3) is 4.56. The first kappa shape index (κ1) is 17.8. The number of pyridine rings is 1. The minimum Gasteiger partial charge on any atom is -0.351 e. The van der Waals surface area contributed by atoms with E-state index in [2.05, 4.69) is 25.8 Å². The van der Waals surface area contributed by atoms with Crippen LogP contribution < -0.4 is 5.32 Å². The second kappa shape index (κ2) is 8.42. The van der Waals surface area contributed by atoms with Crippen molar-refractivity contribution in [1.29, 1.82) is 0 Å². The number of hydrogen-bond donors (Lipinski definition) is 1. The highest BCUT2D eigenvalue weighted by Crippen LogP contribution is 2.33. The third-order valence-electron chi connectivity index (χ3n) is 4.42. The van der Waals surface area contributed by atoms with Crippen molar-refractivity contribution in [1.82, 2.24) is 30.5 Å². The Morgan fingerprint density at radius 2 is 2.20 bits per heavy atom. The zero-order chi connectivity index (χ0) is 17.6. The highest BCUT2D eigenvalue weighted by atomic mass is 32.2. The maximum absolute atomic E-state index is 12.7. The molecule has 8 heteroatoms. The summed E-state index contributed by atoms with van der Waals surface area (Å²) >= 11 is 1.46. The molecule has 0 bridgehead atoms. The Hall–Kier alpha value is -1.96. The summed E-state index contributed by atoms with van der Waals surface area (Å²) < 4.78 is 1.90. The first-order valence-corrected chi connectivity index (χ1v) is 9.64. The van der Waals surface area contributed by atoms with Crippen molar-refractivity contribution >= 4 is 17.7 Å². The number of rotatable bonds is 7. The molecular weight excluding hydrogens is 336 g/mol. The van der Waals surface area contributed by atoms with E-state index in [1.165, 1.54) is 24.6 Å². The average Bonchev–Trinajstić information content (AvgIpc) is 3.29. The molecule has 1 amide bonds. The quantitative estimate of drug-likeness (QED) is 0.764. The number of aromatic nitrogens is 5. The Bertz CT molecular complexity index is 683. The average molecular weight is 360 g/mol. The van der Waals surface area contributed by atoms with Crippen LogP contribution in [0.15, 0.2) is 29.7 Å². The Morgan fingerprint density at radius 3 is 2.88 bits per heavy atom. The van der Waals surface area contributed by atoms with Crippen LogP contribution in [0.2, 0.25) is 0 Å². The molecule has 1 N–H and O–H groups in total. The van der Waals surface area contributed by atoms with Crippen molar-refractivity contribution in [3.8, 4) is 0 Å². The number of thioether (sulfide) groups is 1. The van der Waals surface area contributed by atoms with Crippen molar-refractivity contribution in [2.24, 2.45) is 5.92 Å². The lowest BCUT2D eigenvalue weighted by molar-refractivity contribution is -0.121. The summed E-state index contributed by atoms with van der Waals surface area (Å²) in [6.45, 7) is 4.57. The molecule has 1 saturated carbocycles. The van der Waals surface area contributed by atoms with Crippen LogP contribution in [0.1, 0.15) is 51.1 Å². The van der Waals surface area contributed by atoms with E-state index in [4.69, 9.17) is 0 Å². The first-order chi connectivity index (χ1) is 12.1. The van der Waals surface area contributed by atoms with Gasteiger partial charge in [-0.05, 0) is 40.8 Å². The number of carbonyl (C=O) groups excluding carboxylic acids is 1. The van der Waals surface area contributed by atoms with Crippen LogP contribution in [0.5, 0.6) is 0 Å². The van der Waals surface area contributed by atoms with E-state index in [0.717, 1.165) is 23.6 Å². The SMILES string of the molecule is CC(C)[C@@H](Sc1nnnn1C1CCCC1)C(=O)NCc1cccnc1. The molecule has 1 aliphatic carbocycles. The minimum absolute atomic E-state index is 0.00447. The van der Waals surface area contributed by atoms with Gasteiger partial charge in [-0.3, -0.25) is 9.78 Å². The second-order valence-electron chi connectivity index (χ2n) is 6.71. The third-order valence-corrected chi connectivity index (χ3v) is 5.91. The van der Waals surface area contributed by atoms with Gasteiger partial charge in [-0.25, -0.2) is 4.68 Å². The number of carbonyl (C=O) groups is 1. The van der Waals surface area contributed by atoms with E-state index in [1.54, 1.807) is 12.4 Å². The summed E-state index contributed by atoms with van der Waals surface area (Å²) in [6, 6.07) is 4.18. The monoisotopic (exact) mass is 360 g/mol. The molecule has 0 aliphatic heterocycles. The molecule has 0 radical (unpaired) electrons. The van der Waals surface area contributed by atoms with Crippen molar-refractivity contribution in [2.45, 2.75) is 62.5 Å². The van der Waals surface area contributed by atoms with Crippen molar-refractivity contribution in [2.75, 3.05) is 0 Å². The van der Waals surface area contributed by atoms with Gasteiger partial charge >= 0.3 is 0 Å². The summed E-state index contributed by atoms with van der Waals surface area (Å²) in [5.41, 5.74) is 0.985. The topological polar surface area (TPSA) is 85.6 Å². The molecule has 2 aromatic rings. The summed E-state index contributed by atoms with van der Waals surface area (Å²) in [5.74, 6) is 0.178. The van der Waals surface area contributed by atoms with E-state index in [-0.39, 0.29) is 17.1 Å². The molecule has 0 saturated heterocycles. The van der Waals surface area contributed by atoms with Gasteiger partial charge in [0.25, 0.3) is 0 Å². The van der Waals surface area contributed by atoms with Gasteiger partial charge in [0.1, 0.15) is 0 Å². The van der Waals surface area contributed by atoms with Gasteiger partial charge in [-0.1, -0.05) is 44.5 Å². The largest absolute Gasteiger partial charge is 0.351 e. The summed E-state index contributed by atoms with van der Waals surface area (Å²) in [6.07, 6.45) is 8.14. The van der Waals surface area contributed by atoms with Gasteiger partial charge in [0.05, 0.1) is 11.3 Å². The van der Waals surface area contributed by atoms with Crippen molar-refractivity contribution in [3.63, 3.8) is 0 Å². The molecule has 7 nitrogen and oxygen atoms in total. The zero-order valence-corrected chi connectivity index (χ0v) is 15.4. The molecule has 1 aliphatic rings. The van der Waals surface area contributed by atoms with Crippen LogP contribution in [0, 0.1) is 5.92 Å². The minimum atomic E-state index is -0.233. The smallest absolute Gasteiger partial charge is 0.234 e. The molecule has 2 heterocycles. The first-order valence-electron chi connectivity index (χ1n) is 8.76. The summed E-state index contributed by atoms with van der Waals surface area (Å²) in [7, 11) is 0. The van der Waals surface area contributed by atoms with E-state index in [9.17, 15) is 4.79 Å². The maximum atomic E-state index is 12.7. The van der Waals surface area contributed by atoms with Crippen LogP contribution in [0.4, 0.5) is 0 Å². The number of hydrogen-bond acceptors (Lipinski definition) is 6. The van der Waals surface area contributed by atoms with E-state index in [0.29, 0.717) is 12.6 Å². The predicted octanol–water partition coefficient (Wildman–Crippen LogP) is 2.62. The molecule has 1 atom stereocenters. The van der Waals surface area contributed by atoms with Crippen LogP contribution in [-0.2, 0) is 11.3 Å². The van der Waals surface area contributed by atoms with Crippen molar-refractivity contribution in [3.05, 3.63) is 30.1 Å². The van der Waals surface area contributed by atoms with Gasteiger partial charge in [-0.15, -0.1) is 5.10 Å². The van der Waals surface area contributed by atoms with Crippen LogP contribution in [0.25, 0.3) is 0 Å². The highest BCUT2D eigenvalue weighted by molar-refractivity contribution is 8.00. The molecule has 2 aromatic heterocycles. The molecule has 134 valence electrons. The molecule has 1 fully saturated rings. The van der Waals surface area contributed by atoms with E-state index < -0.39 is 0 Å². The molecule has 0 spiro atoms. The maximum Gasteiger partial charge on any atom is 0.234 e. The van der Waals surface area contributed by atoms with E-state index >= 15 is 0 Å². The number of tetrazole rings is 1. The lowest BCUT2D eigenvalue weighted by Gasteiger charge is -2.20. The van der Waals surface area contributed by atoms with Crippen LogP contribution in [-0.4, -0.2) is 36.3 Å². The molecule has 0 unspecified atom stereocenters. The summed E-state index contributed by atoms with van der Waals surface area (Å²) in [5, 5.41) is 15.7. The van der Waals surface area contributed by atoms with Gasteiger partial charge in [0, 0.05) is 18.9 Å². The Labute approximate surface area is 152 Å². The fraction of sp³-hybridized carbons (Fsp3) is 0.588. The number of nitrogens with one attached hydrogen (secondary N) is 1. The molecular formula is C17H24N6OS. The summed E-state index contributed by atoms with van der Waals surface area (Å²) in [4.78, 5) is 16.8. The fourth-order valence-electron chi connectivity index (χ4n) is 3.04. The lowest BCUT2D eigenvalue weighted by Crippen LogP contribution is -2.35. The number of nitrogens with zero attached hydrogens (tertiary/aromatic N) is 5. The molecule has 25 heavy (non-hydrogen) atoms. The van der Waals surface area contributed by atoms with Crippen LogP contribution in [0.3, 0.4) is 0 Å². The van der Waals surface area contributed by atoms with Gasteiger partial charge in [0.2, 0.25) is 11.1 Å². The molecule has 3 rings (SSSR count). The van der Waals surface area contributed by atoms with Gasteiger partial charge < -0.3 is 5.32 Å². The number of amides is 1. The fourth-order valence-corrected chi connectivity index (χ4v) is 4.11. The lowest BCUT2D eigenvalue weighted by atomic mass is 10.1. The normalized spacial score (nSPS) is 16.3. The highest BCUT2D eigenvalue weighted by Gasteiger charge is 2.28. The molecule has 0 aromatic carbocycles. The van der Waals surface area contributed by atoms with E-state index in [1.807, 2.05) is 30.7 Å². The predicted molar refractivity (Wildman–Crippen MR) is 95.9 cm³/mol. The second-order valence-corrected chi connectivity index (χ2v) is 7.81. The Balaban J connectivity index is 1.65.